The molecule has 3 atom stereocenters. The number of aryl methyl sites for hydroxylation is 1. The van der Waals surface area contributed by atoms with Gasteiger partial charge in [-0.2, -0.15) is 0 Å². The molecule has 4 aromatic rings. The van der Waals surface area contributed by atoms with Crippen molar-refractivity contribution in [3.8, 4) is 5.75 Å². The highest BCUT2D eigenvalue weighted by Gasteiger charge is 2.56. The van der Waals surface area contributed by atoms with Gasteiger partial charge in [-0.05, 0) is 61.0 Å². The molecule has 1 fully saturated rings. The van der Waals surface area contributed by atoms with Crippen LogP contribution < -0.4 is 15.1 Å². The molecule has 2 aliphatic heterocycles. The van der Waals surface area contributed by atoms with Crippen LogP contribution in [0, 0.1) is 12.8 Å². The molecule has 0 saturated carbocycles. The molecule has 1 saturated heterocycles. The summed E-state index contributed by atoms with van der Waals surface area (Å²) in [5.74, 6) is -2.39. The zero-order valence-electron chi connectivity index (χ0n) is 21.0. The van der Waals surface area contributed by atoms with Crippen molar-refractivity contribution in [2.45, 2.75) is 29.7 Å². The Hall–Kier alpha value is -3.67. The van der Waals surface area contributed by atoms with Gasteiger partial charge in [-0.1, -0.05) is 68.9 Å². The lowest BCUT2D eigenvalue weighted by Gasteiger charge is -2.30. The summed E-state index contributed by atoms with van der Waals surface area (Å²) in [6.07, 6.45) is 0. The number of phenols is 1. The number of anilines is 2. The van der Waals surface area contributed by atoms with Crippen molar-refractivity contribution in [1.82, 2.24) is 4.57 Å². The molecule has 0 radical (unpaired) electrons. The number of aromatic hydroxyl groups is 1. The fourth-order valence-corrected chi connectivity index (χ4v) is 8.16. The molecule has 0 bridgehead atoms. The van der Waals surface area contributed by atoms with Gasteiger partial charge in [-0.15, -0.1) is 0 Å². The maximum atomic E-state index is 13.9. The first kappa shape index (κ1) is 26.5. The molecule has 2 N–H and O–H groups in total. The SMILES string of the molecule is Cc1ccc(NC(=O)Cn2c3c(sc2=O)[C@@H](c2ccc(O)cc2)C2C(=O)N(c4ccc(Br)cc4)C(=O)C2S3)cc1. The van der Waals surface area contributed by atoms with E-state index in [9.17, 15) is 24.3 Å². The van der Waals surface area contributed by atoms with Gasteiger partial charge in [0.05, 0.1) is 16.6 Å². The number of carbonyl (C=O) groups excluding carboxylic acids is 3. The summed E-state index contributed by atoms with van der Waals surface area (Å²) in [6, 6.07) is 20.7. The lowest BCUT2D eigenvalue weighted by atomic mass is 9.83. The third kappa shape index (κ3) is 4.67. The number of imide groups is 1. The first-order valence-corrected chi connectivity index (χ1v) is 14.9. The first-order valence-electron chi connectivity index (χ1n) is 12.4. The number of amides is 3. The molecular weight excluding hydrogens is 614 g/mol. The summed E-state index contributed by atoms with van der Waals surface area (Å²) >= 11 is 5.53. The second kappa shape index (κ2) is 10.4. The Labute approximate surface area is 245 Å². The Morgan fingerprint density at radius 1 is 0.950 bits per heavy atom. The minimum absolute atomic E-state index is 0.0644. The van der Waals surface area contributed by atoms with Crippen LogP contribution in [0.1, 0.15) is 21.9 Å². The molecule has 1 aromatic heterocycles. The Bertz CT molecular complexity index is 1700. The zero-order chi connectivity index (χ0) is 28.1. The number of benzene rings is 3. The zero-order valence-corrected chi connectivity index (χ0v) is 24.3. The number of phenolic OH excluding ortho intramolecular Hbond substituents is 1. The van der Waals surface area contributed by atoms with Gasteiger partial charge in [-0.3, -0.25) is 23.7 Å². The Kier molecular flexibility index (Phi) is 6.89. The Balaban J connectivity index is 1.40. The van der Waals surface area contributed by atoms with Crippen LogP contribution in [0.4, 0.5) is 11.4 Å². The fourth-order valence-electron chi connectivity index (χ4n) is 5.12. The largest absolute Gasteiger partial charge is 0.508 e. The predicted molar refractivity (Wildman–Crippen MR) is 158 cm³/mol. The fraction of sp³-hybridized carbons (Fsp3) is 0.172. The smallest absolute Gasteiger partial charge is 0.308 e. The number of halogens is 1. The Morgan fingerprint density at radius 2 is 1.62 bits per heavy atom. The number of nitrogens with zero attached hydrogens (tertiary/aromatic N) is 2. The van der Waals surface area contributed by atoms with Crippen molar-refractivity contribution in [2.75, 3.05) is 10.2 Å². The number of hydrogen-bond donors (Lipinski definition) is 2. The van der Waals surface area contributed by atoms with E-state index >= 15 is 0 Å². The molecule has 2 aliphatic rings. The summed E-state index contributed by atoms with van der Waals surface area (Å²) in [6.45, 7) is 1.72. The summed E-state index contributed by atoms with van der Waals surface area (Å²) < 4.78 is 2.21. The van der Waals surface area contributed by atoms with Crippen molar-refractivity contribution >= 4 is 68.1 Å². The molecule has 11 heteroatoms. The number of aromatic nitrogens is 1. The molecule has 40 heavy (non-hydrogen) atoms. The molecule has 3 amide bonds. The second-order valence-corrected chi connectivity index (χ2v) is 12.7. The molecular formula is C29H22BrN3O5S2. The van der Waals surface area contributed by atoms with Crippen molar-refractivity contribution in [3.63, 3.8) is 0 Å². The molecule has 0 spiro atoms. The van der Waals surface area contributed by atoms with Crippen LogP contribution in [0.3, 0.4) is 0 Å². The highest BCUT2D eigenvalue weighted by Crippen LogP contribution is 2.54. The number of carbonyl (C=O) groups is 3. The number of hydrogen-bond acceptors (Lipinski definition) is 7. The van der Waals surface area contributed by atoms with Gasteiger partial charge in [0.2, 0.25) is 17.7 Å². The van der Waals surface area contributed by atoms with E-state index in [2.05, 4.69) is 21.2 Å². The first-order chi connectivity index (χ1) is 19.2. The van der Waals surface area contributed by atoms with Crippen LogP contribution in [-0.4, -0.2) is 32.6 Å². The van der Waals surface area contributed by atoms with Crippen LogP contribution in [-0.2, 0) is 20.9 Å². The third-order valence-electron chi connectivity index (χ3n) is 7.02. The molecule has 2 unspecified atom stereocenters. The summed E-state index contributed by atoms with van der Waals surface area (Å²) in [4.78, 5) is 55.3. The van der Waals surface area contributed by atoms with Crippen molar-refractivity contribution < 1.29 is 19.5 Å². The predicted octanol–water partition coefficient (Wildman–Crippen LogP) is 5.12. The molecule has 3 heterocycles. The lowest BCUT2D eigenvalue weighted by molar-refractivity contribution is -0.122. The molecule has 8 nitrogen and oxygen atoms in total. The van der Waals surface area contributed by atoms with E-state index in [1.54, 1.807) is 48.5 Å². The van der Waals surface area contributed by atoms with E-state index in [-0.39, 0.29) is 34.9 Å². The monoisotopic (exact) mass is 635 g/mol. The minimum Gasteiger partial charge on any atom is -0.508 e. The summed E-state index contributed by atoms with van der Waals surface area (Å²) in [5.41, 5.74) is 2.84. The second-order valence-electron chi connectivity index (χ2n) is 9.66. The maximum absolute atomic E-state index is 13.9. The van der Waals surface area contributed by atoms with Crippen molar-refractivity contribution in [3.05, 3.63) is 103 Å². The number of thiazole rings is 1. The van der Waals surface area contributed by atoms with E-state index in [4.69, 9.17) is 0 Å². The van der Waals surface area contributed by atoms with Gasteiger partial charge in [0.25, 0.3) is 0 Å². The number of thioether (sulfide) groups is 1. The van der Waals surface area contributed by atoms with Crippen LogP contribution >= 0.6 is 39.0 Å². The van der Waals surface area contributed by atoms with Crippen molar-refractivity contribution in [1.29, 1.82) is 0 Å². The number of nitrogens with one attached hydrogen (secondary N) is 1. The quantitative estimate of drug-likeness (QED) is 0.295. The molecule has 202 valence electrons. The average molecular weight is 637 g/mol. The molecule has 3 aromatic carbocycles. The van der Waals surface area contributed by atoms with Gasteiger partial charge in [0.1, 0.15) is 17.5 Å². The van der Waals surface area contributed by atoms with Gasteiger partial charge in [0.15, 0.2) is 0 Å². The van der Waals surface area contributed by atoms with E-state index in [1.807, 2.05) is 19.1 Å². The minimum atomic E-state index is -0.789. The van der Waals surface area contributed by atoms with Gasteiger partial charge in [0, 0.05) is 21.0 Å². The topological polar surface area (TPSA) is 109 Å². The summed E-state index contributed by atoms with van der Waals surface area (Å²) in [7, 11) is 0. The van der Waals surface area contributed by atoms with Gasteiger partial charge >= 0.3 is 4.87 Å². The summed E-state index contributed by atoms with van der Waals surface area (Å²) in [5, 5.41) is 12.4. The lowest BCUT2D eigenvalue weighted by Crippen LogP contribution is -2.33. The third-order valence-corrected chi connectivity index (χ3v) is 10.2. The van der Waals surface area contributed by atoms with Gasteiger partial charge < -0.3 is 10.4 Å². The van der Waals surface area contributed by atoms with Gasteiger partial charge in [-0.25, -0.2) is 4.90 Å². The van der Waals surface area contributed by atoms with Crippen LogP contribution in [0.25, 0.3) is 0 Å². The maximum Gasteiger partial charge on any atom is 0.308 e. The molecule has 6 rings (SSSR count). The molecule has 0 aliphatic carbocycles. The normalized spacial score (nSPS) is 19.9. The van der Waals surface area contributed by atoms with Crippen LogP contribution in [0.15, 0.2) is 87.1 Å². The number of rotatable bonds is 5. The van der Waals surface area contributed by atoms with E-state index in [0.717, 1.165) is 33.1 Å². The van der Waals surface area contributed by atoms with E-state index in [1.165, 1.54) is 21.6 Å². The van der Waals surface area contributed by atoms with Crippen LogP contribution in [0.2, 0.25) is 0 Å². The number of fused-ring (bicyclic) bond motifs is 2. The van der Waals surface area contributed by atoms with Crippen molar-refractivity contribution in [2.24, 2.45) is 5.92 Å². The Morgan fingerprint density at radius 3 is 2.30 bits per heavy atom. The average Bonchev–Trinajstić information content (AvgIpc) is 3.37. The van der Waals surface area contributed by atoms with E-state index in [0.29, 0.717) is 26.8 Å². The van der Waals surface area contributed by atoms with Crippen LogP contribution in [0.5, 0.6) is 5.75 Å². The highest BCUT2D eigenvalue weighted by atomic mass is 79.9. The standard InChI is InChI=1S/C29H22BrN3O5S2/c1-15-2-8-18(9-3-15)31-21(35)14-32-28-25(40-29(32)38)22(16-4-12-20(34)13-5-16)23-24(39-28)27(37)33(26(23)36)19-10-6-17(30)7-11-19/h2-13,22-24,34H,14H2,1H3,(H,31,35)/t22-,23?,24?/m0/s1. The van der Waals surface area contributed by atoms with E-state index < -0.39 is 17.1 Å². The highest BCUT2D eigenvalue weighted by molar-refractivity contribution is 9.10.